The summed E-state index contributed by atoms with van der Waals surface area (Å²) in [4.78, 5) is 12.0. The molecule has 0 atom stereocenters. The number of benzene rings is 1. The third-order valence-electron chi connectivity index (χ3n) is 2.87. The molecule has 0 unspecified atom stereocenters. The summed E-state index contributed by atoms with van der Waals surface area (Å²) in [6.07, 6.45) is 0. The van der Waals surface area contributed by atoms with Gasteiger partial charge < -0.3 is 4.42 Å². The molecule has 0 fully saturated rings. The lowest BCUT2D eigenvalue weighted by Crippen LogP contribution is -2.19. The molecule has 0 aliphatic rings. The van der Waals surface area contributed by atoms with Gasteiger partial charge >= 0.3 is 0 Å². The van der Waals surface area contributed by atoms with E-state index < -0.39 is 0 Å². The van der Waals surface area contributed by atoms with Crippen LogP contribution in [0.15, 0.2) is 39.9 Å². The molecular formula is C15H15IN2O2. The van der Waals surface area contributed by atoms with E-state index >= 15 is 0 Å². The van der Waals surface area contributed by atoms with Crippen molar-refractivity contribution >= 4 is 34.2 Å². The number of carbonyl (C=O) groups is 1. The van der Waals surface area contributed by atoms with Gasteiger partial charge in [0.15, 0.2) is 0 Å². The van der Waals surface area contributed by atoms with Crippen LogP contribution in [0.3, 0.4) is 0 Å². The highest BCUT2D eigenvalue weighted by Gasteiger charge is 2.12. The van der Waals surface area contributed by atoms with Crippen molar-refractivity contribution in [2.24, 2.45) is 5.10 Å². The van der Waals surface area contributed by atoms with E-state index in [2.05, 4.69) is 33.1 Å². The van der Waals surface area contributed by atoms with Crippen molar-refractivity contribution in [3.63, 3.8) is 0 Å². The zero-order valence-electron chi connectivity index (χ0n) is 11.5. The third-order valence-corrected chi connectivity index (χ3v) is 3.59. The number of rotatable bonds is 3. The van der Waals surface area contributed by atoms with Crippen LogP contribution < -0.4 is 5.43 Å². The maximum Gasteiger partial charge on any atom is 0.274 e. The topological polar surface area (TPSA) is 54.6 Å². The van der Waals surface area contributed by atoms with Crippen molar-refractivity contribution in [3.05, 3.63) is 56.5 Å². The molecule has 0 saturated carbocycles. The molecule has 2 aromatic rings. The number of nitrogens with one attached hydrogen (secondary N) is 1. The molecule has 2 rings (SSSR count). The summed E-state index contributed by atoms with van der Waals surface area (Å²) in [5, 5.41) is 4.12. The minimum atomic E-state index is -0.260. The van der Waals surface area contributed by atoms with Gasteiger partial charge in [0.25, 0.3) is 5.91 Å². The van der Waals surface area contributed by atoms with Gasteiger partial charge in [-0.2, -0.15) is 5.10 Å². The fourth-order valence-corrected chi connectivity index (χ4v) is 2.17. The quantitative estimate of drug-likeness (QED) is 0.501. The molecule has 1 aromatic carbocycles. The highest BCUT2D eigenvalue weighted by atomic mass is 127. The number of furan rings is 1. The van der Waals surface area contributed by atoms with Crippen LogP contribution in [0.1, 0.15) is 34.4 Å². The minimum absolute atomic E-state index is 0.260. The summed E-state index contributed by atoms with van der Waals surface area (Å²) in [5.74, 6) is 1.05. The lowest BCUT2D eigenvalue weighted by molar-refractivity contribution is 0.0953. The molecule has 20 heavy (non-hydrogen) atoms. The number of amides is 1. The SMILES string of the molecule is C/C(=N/NC(=O)c1cc(C)oc1C)c1ccc(I)cc1. The molecule has 0 aliphatic carbocycles. The maximum absolute atomic E-state index is 12.0. The predicted octanol–water partition coefficient (Wildman–Crippen LogP) is 3.66. The first kappa shape index (κ1) is 14.8. The Labute approximate surface area is 131 Å². The molecule has 1 heterocycles. The van der Waals surface area contributed by atoms with Gasteiger partial charge in [-0.05, 0) is 67.1 Å². The molecule has 1 aromatic heterocycles. The lowest BCUT2D eigenvalue weighted by atomic mass is 10.1. The zero-order chi connectivity index (χ0) is 14.7. The molecular weight excluding hydrogens is 367 g/mol. The Hall–Kier alpha value is -1.63. The van der Waals surface area contributed by atoms with Crippen LogP contribution in [0.5, 0.6) is 0 Å². The van der Waals surface area contributed by atoms with Crippen LogP contribution in [0.2, 0.25) is 0 Å². The summed E-state index contributed by atoms with van der Waals surface area (Å²) >= 11 is 2.25. The second-order valence-corrected chi connectivity index (χ2v) is 5.72. The van der Waals surface area contributed by atoms with E-state index in [1.807, 2.05) is 38.1 Å². The third kappa shape index (κ3) is 3.47. The Kier molecular flexibility index (Phi) is 4.59. The fraction of sp³-hybridized carbons (Fsp3) is 0.200. The van der Waals surface area contributed by atoms with Gasteiger partial charge in [0.2, 0.25) is 0 Å². The number of hydrazone groups is 1. The summed E-state index contributed by atoms with van der Waals surface area (Å²) < 4.78 is 6.49. The zero-order valence-corrected chi connectivity index (χ0v) is 13.7. The first-order chi connectivity index (χ1) is 9.47. The molecule has 0 aliphatic heterocycles. The van der Waals surface area contributed by atoms with Crippen LogP contribution >= 0.6 is 22.6 Å². The fourth-order valence-electron chi connectivity index (χ4n) is 1.81. The maximum atomic E-state index is 12.0. The normalized spacial score (nSPS) is 11.5. The first-order valence-electron chi connectivity index (χ1n) is 6.15. The summed E-state index contributed by atoms with van der Waals surface area (Å²) in [5.41, 5.74) is 4.80. The van der Waals surface area contributed by atoms with E-state index in [0.717, 1.165) is 14.8 Å². The molecule has 1 amide bonds. The molecule has 0 saturated heterocycles. The first-order valence-corrected chi connectivity index (χ1v) is 7.23. The van der Waals surface area contributed by atoms with Crippen molar-refractivity contribution in [1.29, 1.82) is 0 Å². The van der Waals surface area contributed by atoms with Crippen molar-refractivity contribution in [2.75, 3.05) is 0 Å². The van der Waals surface area contributed by atoms with E-state index in [4.69, 9.17) is 4.42 Å². The molecule has 104 valence electrons. The van der Waals surface area contributed by atoms with Gasteiger partial charge in [-0.1, -0.05) is 12.1 Å². The Morgan fingerprint density at radius 3 is 2.45 bits per heavy atom. The smallest absolute Gasteiger partial charge is 0.274 e. The minimum Gasteiger partial charge on any atom is -0.466 e. The van der Waals surface area contributed by atoms with E-state index in [0.29, 0.717) is 17.1 Å². The van der Waals surface area contributed by atoms with E-state index in [1.54, 1.807) is 13.0 Å². The average molecular weight is 382 g/mol. The summed E-state index contributed by atoms with van der Waals surface area (Å²) in [6.45, 7) is 5.43. The lowest BCUT2D eigenvalue weighted by Gasteiger charge is -2.02. The van der Waals surface area contributed by atoms with Gasteiger partial charge in [-0.15, -0.1) is 0 Å². The Morgan fingerprint density at radius 2 is 1.90 bits per heavy atom. The van der Waals surface area contributed by atoms with Crippen LogP contribution in [-0.4, -0.2) is 11.6 Å². The van der Waals surface area contributed by atoms with Gasteiger partial charge in [0, 0.05) is 3.57 Å². The second-order valence-electron chi connectivity index (χ2n) is 4.47. The largest absolute Gasteiger partial charge is 0.466 e. The van der Waals surface area contributed by atoms with Gasteiger partial charge in [-0.25, -0.2) is 5.43 Å². The van der Waals surface area contributed by atoms with Gasteiger partial charge in [0.1, 0.15) is 11.5 Å². The second kappa shape index (κ2) is 6.21. The molecule has 1 N–H and O–H groups in total. The van der Waals surface area contributed by atoms with Crippen molar-refractivity contribution in [3.8, 4) is 0 Å². The standard InChI is InChI=1S/C15H15IN2O2/c1-9-8-14(11(3)20-9)15(19)18-17-10(2)12-4-6-13(16)7-5-12/h4-8H,1-3H3,(H,18,19)/b17-10-. The van der Waals surface area contributed by atoms with Crippen molar-refractivity contribution in [2.45, 2.75) is 20.8 Å². The number of aryl methyl sites for hydroxylation is 2. The van der Waals surface area contributed by atoms with Crippen LogP contribution in [-0.2, 0) is 0 Å². The highest BCUT2D eigenvalue weighted by Crippen LogP contribution is 2.13. The van der Waals surface area contributed by atoms with E-state index in [9.17, 15) is 4.79 Å². The number of nitrogens with zero attached hydrogens (tertiary/aromatic N) is 1. The van der Waals surface area contributed by atoms with Gasteiger partial charge in [0.05, 0.1) is 11.3 Å². The van der Waals surface area contributed by atoms with Crippen molar-refractivity contribution < 1.29 is 9.21 Å². The van der Waals surface area contributed by atoms with Gasteiger partial charge in [-0.3, -0.25) is 4.79 Å². The number of halogens is 1. The van der Waals surface area contributed by atoms with E-state index in [-0.39, 0.29) is 5.91 Å². The number of hydrogen-bond donors (Lipinski definition) is 1. The van der Waals surface area contributed by atoms with Crippen LogP contribution in [0.4, 0.5) is 0 Å². The van der Waals surface area contributed by atoms with Crippen LogP contribution in [0.25, 0.3) is 0 Å². The molecule has 5 heteroatoms. The summed E-state index contributed by atoms with van der Waals surface area (Å²) in [7, 11) is 0. The predicted molar refractivity (Wildman–Crippen MR) is 87.0 cm³/mol. The molecule has 0 bridgehead atoms. The average Bonchev–Trinajstić information content (AvgIpc) is 2.75. The molecule has 0 radical (unpaired) electrons. The Balaban J connectivity index is 2.10. The van der Waals surface area contributed by atoms with E-state index in [1.165, 1.54) is 0 Å². The number of carbonyl (C=O) groups excluding carboxylic acids is 1. The molecule has 4 nitrogen and oxygen atoms in total. The highest BCUT2D eigenvalue weighted by molar-refractivity contribution is 14.1. The monoisotopic (exact) mass is 382 g/mol. The Morgan fingerprint density at radius 1 is 1.25 bits per heavy atom. The van der Waals surface area contributed by atoms with Crippen molar-refractivity contribution in [1.82, 2.24) is 5.43 Å². The number of hydrogen-bond acceptors (Lipinski definition) is 3. The van der Waals surface area contributed by atoms with Crippen LogP contribution in [0, 0.1) is 17.4 Å². The Bertz CT molecular complexity index is 657. The molecule has 0 spiro atoms. The summed E-state index contributed by atoms with van der Waals surface area (Å²) in [6, 6.07) is 9.65.